The van der Waals surface area contributed by atoms with E-state index in [1.54, 1.807) is 23.1 Å². The van der Waals surface area contributed by atoms with E-state index in [-0.39, 0.29) is 17.5 Å². The Hall–Kier alpha value is -3.15. The number of hydrogen-bond donors (Lipinski definition) is 0. The van der Waals surface area contributed by atoms with Crippen LogP contribution >= 0.6 is 0 Å². The highest BCUT2D eigenvalue weighted by Gasteiger charge is 2.28. The Morgan fingerprint density at radius 2 is 1.71 bits per heavy atom. The van der Waals surface area contributed by atoms with Crippen molar-refractivity contribution in [3.63, 3.8) is 0 Å². The number of rotatable bonds is 8. The van der Waals surface area contributed by atoms with Crippen LogP contribution in [0.2, 0.25) is 0 Å². The Morgan fingerprint density at radius 1 is 1.06 bits per heavy atom. The third-order valence-corrected chi connectivity index (χ3v) is 5.62. The molecule has 0 aliphatic rings. The molecule has 3 rings (SSSR count). The average molecular weight is 423 g/mol. The van der Waals surface area contributed by atoms with Crippen LogP contribution < -0.4 is 4.90 Å². The molecule has 1 aromatic heterocycles. The van der Waals surface area contributed by atoms with E-state index in [4.69, 9.17) is 5.10 Å². The summed E-state index contributed by atoms with van der Waals surface area (Å²) in [5.41, 5.74) is 2.98. The number of anilines is 1. The van der Waals surface area contributed by atoms with Gasteiger partial charge < -0.3 is 9.80 Å². The van der Waals surface area contributed by atoms with Gasteiger partial charge in [-0.15, -0.1) is 0 Å². The molecule has 0 N–H and O–H groups in total. The molecule has 1 heterocycles. The molecule has 1 amide bonds. The van der Waals surface area contributed by atoms with Crippen molar-refractivity contribution in [1.82, 2.24) is 14.7 Å². The van der Waals surface area contributed by atoms with Crippen molar-refractivity contribution in [2.75, 3.05) is 19.0 Å². The molecule has 0 aliphatic carbocycles. The van der Waals surface area contributed by atoms with Crippen molar-refractivity contribution in [3.8, 4) is 5.69 Å². The highest BCUT2D eigenvalue weighted by Crippen LogP contribution is 2.29. The number of nitrogens with zero attached hydrogens (tertiary/aromatic N) is 4. The smallest absolute Gasteiger partial charge is 0.257 e. The van der Waals surface area contributed by atoms with E-state index >= 15 is 0 Å². The SMILES string of the molecule is CCc1nn(-c2ccccc2)c(N(C)C)c1CN(C(=O)c1ccccc1F)C(C)CC. The standard InChI is InChI=1S/C25H31FN4O/c1-6-18(3)29(25(31)20-15-11-12-16-22(20)26)17-21-23(7-2)27-30(24(21)28(4)5)19-13-9-8-10-14-19/h8-16,18H,6-7,17H2,1-5H3. The molecule has 3 aromatic rings. The molecule has 1 atom stereocenters. The zero-order valence-electron chi connectivity index (χ0n) is 19.0. The van der Waals surface area contributed by atoms with Gasteiger partial charge in [0, 0.05) is 25.7 Å². The number of amides is 1. The molecule has 0 bridgehead atoms. The maximum absolute atomic E-state index is 14.4. The predicted octanol–water partition coefficient (Wildman–Crippen LogP) is 5.08. The van der Waals surface area contributed by atoms with Gasteiger partial charge in [0.15, 0.2) is 0 Å². The molecule has 0 saturated heterocycles. The summed E-state index contributed by atoms with van der Waals surface area (Å²) in [5.74, 6) is 0.133. The number of halogens is 1. The van der Waals surface area contributed by atoms with Gasteiger partial charge in [-0.3, -0.25) is 4.79 Å². The topological polar surface area (TPSA) is 41.4 Å². The molecule has 164 valence electrons. The van der Waals surface area contributed by atoms with Crippen molar-refractivity contribution in [2.24, 2.45) is 0 Å². The Morgan fingerprint density at radius 3 is 2.29 bits per heavy atom. The Labute approximate surface area is 184 Å². The van der Waals surface area contributed by atoms with Crippen LogP contribution in [0.3, 0.4) is 0 Å². The van der Waals surface area contributed by atoms with Gasteiger partial charge >= 0.3 is 0 Å². The minimum atomic E-state index is -0.496. The molecule has 6 heteroatoms. The van der Waals surface area contributed by atoms with Crippen LogP contribution in [0, 0.1) is 5.82 Å². The van der Waals surface area contributed by atoms with Gasteiger partial charge in [-0.25, -0.2) is 9.07 Å². The molecule has 2 aromatic carbocycles. The first-order valence-electron chi connectivity index (χ1n) is 10.8. The number of hydrogen-bond acceptors (Lipinski definition) is 3. The van der Waals surface area contributed by atoms with Crippen molar-refractivity contribution < 1.29 is 9.18 Å². The zero-order chi connectivity index (χ0) is 22.5. The molecule has 0 aliphatic heterocycles. The highest BCUT2D eigenvalue weighted by atomic mass is 19.1. The molecule has 0 radical (unpaired) electrons. The summed E-state index contributed by atoms with van der Waals surface area (Å²) in [6.07, 6.45) is 1.50. The maximum atomic E-state index is 14.4. The van der Waals surface area contributed by atoms with Crippen LogP contribution in [0.5, 0.6) is 0 Å². The lowest BCUT2D eigenvalue weighted by molar-refractivity contribution is 0.0666. The van der Waals surface area contributed by atoms with Gasteiger partial charge in [-0.2, -0.15) is 5.10 Å². The maximum Gasteiger partial charge on any atom is 0.257 e. The van der Waals surface area contributed by atoms with Gasteiger partial charge in [0.2, 0.25) is 0 Å². The Kier molecular flexibility index (Phi) is 7.10. The lowest BCUT2D eigenvalue weighted by Gasteiger charge is -2.30. The normalized spacial score (nSPS) is 11.9. The second-order valence-corrected chi connectivity index (χ2v) is 7.91. The lowest BCUT2D eigenvalue weighted by Crippen LogP contribution is -2.38. The van der Waals surface area contributed by atoms with Crippen LogP contribution in [0.25, 0.3) is 5.69 Å². The van der Waals surface area contributed by atoms with Crippen LogP contribution in [0.1, 0.15) is 48.8 Å². The number of para-hydroxylation sites is 1. The van der Waals surface area contributed by atoms with Crippen LogP contribution in [-0.4, -0.2) is 40.7 Å². The molecule has 31 heavy (non-hydrogen) atoms. The van der Waals surface area contributed by atoms with Crippen molar-refractivity contribution in [1.29, 1.82) is 0 Å². The van der Waals surface area contributed by atoms with Crippen molar-refractivity contribution >= 4 is 11.7 Å². The summed E-state index contributed by atoms with van der Waals surface area (Å²) < 4.78 is 16.3. The zero-order valence-corrected chi connectivity index (χ0v) is 19.0. The summed E-state index contributed by atoms with van der Waals surface area (Å²) in [5, 5.41) is 4.87. The van der Waals surface area contributed by atoms with Crippen LogP contribution in [0.15, 0.2) is 54.6 Å². The highest BCUT2D eigenvalue weighted by molar-refractivity contribution is 5.94. The number of benzene rings is 2. The lowest BCUT2D eigenvalue weighted by atomic mass is 10.1. The Bertz CT molecular complexity index is 1030. The minimum absolute atomic E-state index is 0.0492. The first-order chi connectivity index (χ1) is 14.9. The molecular weight excluding hydrogens is 391 g/mol. The largest absolute Gasteiger partial charge is 0.362 e. The van der Waals surface area contributed by atoms with Crippen LogP contribution in [-0.2, 0) is 13.0 Å². The van der Waals surface area contributed by atoms with E-state index < -0.39 is 5.82 Å². The second kappa shape index (κ2) is 9.77. The predicted molar refractivity (Wildman–Crippen MR) is 123 cm³/mol. The summed E-state index contributed by atoms with van der Waals surface area (Å²) in [7, 11) is 3.96. The fraction of sp³-hybridized carbons (Fsp3) is 0.360. The molecule has 0 saturated carbocycles. The average Bonchev–Trinajstić information content (AvgIpc) is 3.16. The third kappa shape index (κ3) is 4.63. The van der Waals surface area contributed by atoms with Crippen molar-refractivity contribution in [2.45, 2.75) is 46.2 Å². The van der Waals surface area contributed by atoms with Gasteiger partial charge in [0.1, 0.15) is 11.6 Å². The summed E-state index contributed by atoms with van der Waals surface area (Å²) in [4.78, 5) is 17.2. The molecule has 5 nitrogen and oxygen atoms in total. The van der Waals surface area contributed by atoms with E-state index in [1.807, 2.05) is 67.9 Å². The molecule has 0 spiro atoms. The Balaban J connectivity index is 2.10. The van der Waals surface area contributed by atoms with E-state index in [0.717, 1.165) is 35.6 Å². The van der Waals surface area contributed by atoms with Crippen LogP contribution in [0.4, 0.5) is 10.2 Å². The van der Waals surface area contributed by atoms with E-state index in [9.17, 15) is 9.18 Å². The fourth-order valence-corrected chi connectivity index (χ4v) is 3.75. The van der Waals surface area contributed by atoms with E-state index in [1.165, 1.54) is 6.07 Å². The quantitative estimate of drug-likeness (QED) is 0.508. The minimum Gasteiger partial charge on any atom is -0.362 e. The fourth-order valence-electron chi connectivity index (χ4n) is 3.75. The van der Waals surface area contributed by atoms with Gasteiger partial charge in [-0.1, -0.05) is 44.2 Å². The monoisotopic (exact) mass is 422 g/mol. The van der Waals surface area contributed by atoms with E-state index in [2.05, 4.69) is 6.92 Å². The van der Waals surface area contributed by atoms with Gasteiger partial charge in [-0.05, 0) is 44.0 Å². The first-order valence-corrected chi connectivity index (χ1v) is 10.8. The summed E-state index contributed by atoms with van der Waals surface area (Å²) in [6, 6.07) is 16.1. The number of carbonyl (C=O) groups excluding carboxylic acids is 1. The van der Waals surface area contributed by atoms with E-state index in [0.29, 0.717) is 6.54 Å². The van der Waals surface area contributed by atoms with Gasteiger partial charge in [0.05, 0.1) is 23.5 Å². The molecular formula is C25H31FN4O. The number of carbonyl (C=O) groups is 1. The number of aryl methyl sites for hydroxylation is 1. The molecule has 1 unspecified atom stereocenters. The molecule has 0 fully saturated rings. The first kappa shape index (κ1) is 22.5. The summed E-state index contributed by atoms with van der Waals surface area (Å²) >= 11 is 0. The second-order valence-electron chi connectivity index (χ2n) is 7.91. The number of aromatic nitrogens is 2. The summed E-state index contributed by atoms with van der Waals surface area (Å²) in [6.45, 7) is 6.47. The van der Waals surface area contributed by atoms with Gasteiger partial charge in [0.25, 0.3) is 5.91 Å². The third-order valence-electron chi connectivity index (χ3n) is 5.62. The van der Waals surface area contributed by atoms with Crippen molar-refractivity contribution in [3.05, 3.63) is 77.2 Å².